The number of pyridine rings is 1. The molecule has 1 aliphatic rings. The molecule has 0 aromatic carbocycles. The van der Waals surface area contributed by atoms with Gasteiger partial charge in [0, 0.05) is 17.8 Å². The van der Waals surface area contributed by atoms with Crippen molar-refractivity contribution < 1.29 is 9.90 Å². The molecule has 20 heavy (non-hydrogen) atoms. The standard InChI is InChI=1S/C16H23NO3/c1-9-5-6-13(10(2)7-9)17-12(4)15(16(19)20)11(3)8-14(17)18/h8-10,13H,5-7H2,1-4H3,(H,19,20). The molecule has 110 valence electrons. The van der Waals surface area contributed by atoms with Crippen LogP contribution in [0, 0.1) is 25.7 Å². The van der Waals surface area contributed by atoms with Crippen molar-refractivity contribution in [3.8, 4) is 0 Å². The molecular formula is C16H23NO3. The van der Waals surface area contributed by atoms with Gasteiger partial charge in [-0.15, -0.1) is 0 Å². The van der Waals surface area contributed by atoms with Gasteiger partial charge in [-0.3, -0.25) is 4.79 Å². The van der Waals surface area contributed by atoms with Crippen molar-refractivity contribution in [2.45, 2.75) is 53.0 Å². The molecule has 0 bridgehead atoms. The summed E-state index contributed by atoms with van der Waals surface area (Å²) in [6.07, 6.45) is 3.13. The lowest BCUT2D eigenvalue weighted by Crippen LogP contribution is -2.35. The van der Waals surface area contributed by atoms with Gasteiger partial charge in [-0.25, -0.2) is 4.79 Å². The number of aromatic nitrogens is 1. The number of carbonyl (C=O) groups is 1. The molecule has 0 spiro atoms. The average molecular weight is 277 g/mol. The topological polar surface area (TPSA) is 59.3 Å². The van der Waals surface area contributed by atoms with Crippen molar-refractivity contribution in [3.05, 3.63) is 33.2 Å². The second-order valence-electron chi connectivity index (χ2n) is 6.26. The number of nitrogens with zero attached hydrogens (tertiary/aromatic N) is 1. The Kier molecular flexibility index (Phi) is 4.02. The van der Waals surface area contributed by atoms with E-state index in [-0.39, 0.29) is 17.2 Å². The molecule has 1 saturated carbocycles. The second kappa shape index (κ2) is 5.43. The van der Waals surface area contributed by atoms with E-state index in [2.05, 4.69) is 13.8 Å². The molecule has 3 unspecified atom stereocenters. The van der Waals surface area contributed by atoms with Crippen molar-refractivity contribution in [2.75, 3.05) is 0 Å². The fourth-order valence-electron chi connectivity index (χ4n) is 3.67. The van der Waals surface area contributed by atoms with Crippen LogP contribution in [0.2, 0.25) is 0 Å². The summed E-state index contributed by atoms with van der Waals surface area (Å²) in [5.74, 6) is 0.131. The number of hydrogen-bond acceptors (Lipinski definition) is 2. The first-order valence-electron chi connectivity index (χ1n) is 7.29. The van der Waals surface area contributed by atoms with Crippen molar-refractivity contribution in [1.82, 2.24) is 4.57 Å². The summed E-state index contributed by atoms with van der Waals surface area (Å²) in [5.41, 5.74) is 1.34. The van der Waals surface area contributed by atoms with Gasteiger partial charge in [-0.05, 0) is 50.5 Å². The van der Waals surface area contributed by atoms with E-state index in [9.17, 15) is 14.7 Å². The maximum Gasteiger partial charge on any atom is 0.337 e. The second-order valence-corrected chi connectivity index (χ2v) is 6.26. The third-order valence-electron chi connectivity index (χ3n) is 4.63. The Hall–Kier alpha value is -1.58. The van der Waals surface area contributed by atoms with Crippen LogP contribution in [-0.4, -0.2) is 15.6 Å². The highest BCUT2D eigenvalue weighted by Gasteiger charge is 2.29. The number of carboxylic acids is 1. The van der Waals surface area contributed by atoms with Crippen LogP contribution in [-0.2, 0) is 0 Å². The molecule has 4 nitrogen and oxygen atoms in total. The quantitative estimate of drug-likeness (QED) is 0.903. The summed E-state index contributed by atoms with van der Waals surface area (Å²) < 4.78 is 1.72. The predicted molar refractivity (Wildman–Crippen MR) is 78.4 cm³/mol. The Morgan fingerprint density at radius 3 is 2.50 bits per heavy atom. The molecule has 0 aliphatic heterocycles. The zero-order valence-electron chi connectivity index (χ0n) is 12.6. The number of rotatable bonds is 2. The number of aryl methyl sites for hydroxylation is 1. The third-order valence-corrected chi connectivity index (χ3v) is 4.63. The minimum Gasteiger partial charge on any atom is -0.478 e. The molecule has 4 heteroatoms. The highest BCUT2D eigenvalue weighted by Crippen LogP contribution is 2.36. The van der Waals surface area contributed by atoms with E-state index in [1.165, 1.54) is 6.07 Å². The highest BCUT2D eigenvalue weighted by atomic mass is 16.4. The van der Waals surface area contributed by atoms with Gasteiger partial charge in [0.25, 0.3) is 5.56 Å². The predicted octanol–water partition coefficient (Wildman–Crippen LogP) is 3.16. The van der Waals surface area contributed by atoms with Crippen LogP contribution in [0.15, 0.2) is 10.9 Å². The first-order valence-corrected chi connectivity index (χ1v) is 7.29. The van der Waals surface area contributed by atoms with E-state index in [0.717, 1.165) is 19.3 Å². The molecule has 3 atom stereocenters. The van der Waals surface area contributed by atoms with Gasteiger partial charge in [-0.1, -0.05) is 13.8 Å². The summed E-state index contributed by atoms with van der Waals surface area (Å²) in [6, 6.07) is 1.58. The van der Waals surface area contributed by atoms with Crippen molar-refractivity contribution in [2.24, 2.45) is 11.8 Å². The maximum absolute atomic E-state index is 12.3. The van der Waals surface area contributed by atoms with Gasteiger partial charge in [0.05, 0.1) is 5.56 Å². The van der Waals surface area contributed by atoms with Crippen LogP contribution in [0.3, 0.4) is 0 Å². The SMILES string of the molecule is Cc1cc(=O)n(C2CCC(C)CC2C)c(C)c1C(=O)O. The monoisotopic (exact) mass is 277 g/mol. The molecule has 1 N–H and O–H groups in total. The van der Waals surface area contributed by atoms with E-state index >= 15 is 0 Å². The fraction of sp³-hybridized carbons (Fsp3) is 0.625. The first-order chi connectivity index (χ1) is 9.32. The fourth-order valence-corrected chi connectivity index (χ4v) is 3.67. The molecule has 1 aromatic heterocycles. The van der Waals surface area contributed by atoms with Gasteiger partial charge < -0.3 is 9.67 Å². The number of hydrogen-bond donors (Lipinski definition) is 1. The van der Waals surface area contributed by atoms with E-state index in [4.69, 9.17) is 0 Å². The highest BCUT2D eigenvalue weighted by molar-refractivity contribution is 5.90. The van der Waals surface area contributed by atoms with Crippen LogP contribution in [0.25, 0.3) is 0 Å². The molecule has 1 heterocycles. The van der Waals surface area contributed by atoms with Crippen LogP contribution in [0.1, 0.15) is 60.8 Å². The normalized spacial score (nSPS) is 26.5. The van der Waals surface area contributed by atoms with Crippen molar-refractivity contribution >= 4 is 5.97 Å². The third kappa shape index (κ3) is 2.51. The minimum atomic E-state index is -0.953. The summed E-state index contributed by atoms with van der Waals surface area (Å²) >= 11 is 0. The Balaban J connectivity index is 2.54. The largest absolute Gasteiger partial charge is 0.478 e. The van der Waals surface area contributed by atoms with E-state index in [1.54, 1.807) is 18.4 Å². The lowest BCUT2D eigenvalue weighted by molar-refractivity contribution is 0.0693. The van der Waals surface area contributed by atoms with Gasteiger partial charge >= 0.3 is 5.97 Å². The molecule has 1 fully saturated rings. The molecular weight excluding hydrogens is 254 g/mol. The zero-order valence-corrected chi connectivity index (χ0v) is 12.6. The minimum absolute atomic E-state index is 0.0728. The molecule has 0 radical (unpaired) electrons. The summed E-state index contributed by atoms with van der Waals surface area (Å²) in [7, 11) is 0. The smallest absolute Gasteiger partial charge is 0.337 e. The Morgan fingerprint density at radius 2 is 1.95 bits per heavy atom. The molecule has 1 aromatic rings. The zero-order chi connectivity index (χ0) is 15.0. The van der Waals surface area contributed by atoms with Gasteiger partial charge in [0.15, 0.2) is 0 Å². The van der Waals surface area contributed by atoms with Crippen LogP contribution in [0.4, 0.5) is 0 Å². The van der Waals surface area contributed by atoms with Crippen LogP contribution >= 0.6 is 0 Å². The van der Waals surface area contributed by atoms with Gasteiger partial charge in [-0.2, -0.15) is 0 Å². The van der Waals surface area contributed by atoms with Gasteiger partial charge in [0.1, 0.15) is 0 Å². The van der Waals surface area contributed by atoms with Crippen molar-refractivity contribution in [3.63, 3.8) is 0 Å². The Bertz CT molecular complexity index is 588. The summed E-state index contributed by atoms with van der Waals surface area (Å²) in [4.78, 5) is 23.7. The lowest BCUT2D eigenvalue weighted by atomic mass is 9.79. The van der Waals surface area contributed by atoms with Gasteiger partial charge in [0.2, 0.25) is 0 Å². The molecule has 1 aliphatic carbocycles. The van der Waals surface area contributed by atoms with Crippen molar-refractivity contribution in [1.29, 1.82) is 0 Å². The Morgan fingerprint density at radius 1 is 1.30 bits per heavy atom. The van der Waals surface area contributed by atoms with Crippen LogP contribution in [0.5, 0.6) is 0 Å². The molecule has 2 rings (SSSR count). The molecule has 0 amide bonds. The number of aromatic carboxylic acids is 1. The van der Waals surface area contributed by atoms with Crippen LogP contribution < -0.4 is 5.56 Å². The average Bonchev–Trinajstić information content (AvgIpc) is 2.30. The van der Waals surface area contributed by atoms with E-state index in [0.29, 0.717) is 23.1 Å². The Labute approximate surface area is 119 Å². The lowest BCUT2D eigenvalue weighted by Gasteiger charge is -2.35. The summed E-state index contributed by atoms with van der Waals surface area (Å²) in [6.45, 7) is 7.84. The van der Waals surface area contributed by atoms with E-state index < -0.39 is 5.97 Å². The molecule has 0 saturated heterocycles. The maximum atomic E-state index is 12.3. The first kappa shape index (κ1) is 14.8. The van der Waals surface area contributed by atoms with E-state index in [1.807, 2.05) is 0 Å². The number of carboxylic acid groups (broad SMARTS) is 1. The summed E-state index contributed by atoms with van der Waals surface area (Å²) in [5, 5.41) is 9.35.